The van der Waals surface area contributed by atoms with Crippen LogP contribution in [-0.2, 0) is 9.59 Å². The first-order valence-electron chi connectivity index (χ1n) is 9.59. The van der Waals surface area contributed by atoms with Crippen LogP contribution in [0.4, 0.5) is 5.69 Å². The summed E-state index contributed by atoms with van der Waals surface area (Å²) in [5, 5.41) is 13.5. The number of carbonyl (C=O) groups is 2. The number of hydrogen-bond donors (Lipinski definition) is 1. The van der Waals surface area contributed by atoms with Crippen LogP contribution in [0.1, 0.15) is 27.6 Å². The van der Waals surface area contributed by atoms with Gasteiger partial charge in [-0.1, -0.05) is 23.7 Å². The number of anilines is 1. The number of thiophene rings is 1. The van der Waals surface area contributed by atoms with Crippen molar-refractivity contribution in [1.29, 1.82) is 0 Å². The standard InChI is InChI=1S/C24H20ClNO4S/c1-13-5-4-6-16(11-13)26-20(23-14(2)9-10-31-23)19(22(28)24(26)29)21(27)15-7-8-17(25)18(12-15)30-3/h4-12,20,27H,1-3H3/b21-19-. The van der Waals surface area contributed by atoms with Gasteiger partial charge in [-0.25, -0.2) is 0 Å². The average molecular weight is 454 g/mol. The Hall–Kier alpha value is -3.09. The van der Waals surface area contributed by atoms with Crippen LogP contribution in [0, 0.1) is 13.8 Å². The molecule has 2 aromatic carbocycles. The van der Waals surface area contributed by atoms with Crippen molar-refractivity contribution in [3.05, 3.63) is 86.1 Å². The Labute approximate surface area is 189 Å². The van der Waals surface area contributed by atoms with Gasteiger partial charge in [0.25, 0.3) is 11.7 Å². The predicted octanol–water partition coefficient (Wildman–Crippen LogP) is 5.65. The summed E-state index contributed by atoms with van der Waals surface area (Å²) in [6, 6.07) is 13.3. The van der Waals surface area contributed by atoms with E-state index in [2.05, 4.69) is 0 Å². The number of carbonyl (C=O) groups excluding carboxylic acids is 2. The van der Waals surface area contributed by atoms with Gasteiger partial charge in [0.2, 0.25) is 0 Å². The van der Waals surface area contributed by atoms with Crippen LogP contribution >= 0.6 is 22.9 Å². The highest BCUT2D eigenvalue weighted by Gasteiger charge is 2.48. The van der Waals surface area contributed by atoms with Gasteiger partial charge in [-0.3, -0.25) is 14.5 Å². The highest BCUT2D eigenvalue weighted by Crippen LogP contribution is 2.45. The molecule has 5 nitrogen and oxygen atoms in total. The van der Waals surface area contributed by atoms with Crippen molar-refractivity contribution < 1.29 is 19.4 Å². The summed E-state index contributed by atoms with van der Waals surface area (Å²) in [7, 11) is 1.47. The number of aliphatic hydroxyl groups is 1. The number of ketones is 1. The van der Waals surface area contributed by atoms with Gasteiger partial charge in [0.05, 0.1) is 17.7 Å². The maximum absolute atomic E-state index is 13.2. The Balaban J connectivity index is 1.96. The largest absolute Gasteiger partial charge is 0.507 e. The van der Waals surface area contributed by atoms with Gasteiger partial charge in [0.15, 0.2) is 0 Å². The SMILES string of the molecule is COc1cc(/C(O)=C2/C(=O)C(=O)N(c3cccc(C)c3)C2c2sccc2C)ccc1Cl. The van der Waals surface area contributed by atoms with Crippen LogP contribution in [0.3, 0.4) is 0 Å². The molecule has 0 spiro atoms. The summed E-state index contributed by atoms with van der Waals surface area (Å²) in [4.78, 5) is 28.6. The number of methoxy groups -OCH3 is 1. The Morgan fingerprint density at radius 2 is 1.90 bits per heavy atom. The highest BCUT2D eigenvalue weighted by molar-refractivity contribution is 7.10. The number of ether oxygens (including phenoxy) is 1. The monoisotopic (exact) mass is 453 g/mol. The van der Waals surface area contributed by atoms with Crippen LogP contribution in [0.2, 0.25) is 5.02 Å². The van der Waals surface area contributed by atoms with Crippen LogP contribution < -0.4 is 9.64 Å². The number of nitrogens with zero attached hydrogens (tertiary/aromatic N) is 1. The molecule has 2 heterocycles. The number of hydrogen-bond acceptors (Lipinski definition) is 5. The molecule has 4 rings (SSSR count). The molecule has 0 radical (unpaired) electrons. The summed E-state index contributed by atoms with van der Waals surface area (Å²) in [6.45, 7) is 3.85. The maximum atomic E-state index is 13.2. The fourth-order valence-corrected chi connectivity index (χ4v) is 4.97. The van der Waals surface area contributed by atoms with E-state index in [0.29, 0.717) is 22.0 Å². The van der Waals surface area contributed by atoms with E-state index in [1.807, 2.05) is 43.5 Å². The van der Waals surface area contributed by atoms with Crippen molar-refractivity contribution in [3.8, 4) is 5.75 Å². The normalized spacial score (nSPS) is 17.9. The molecule has 0 aliphatic carbocycles. The number of halogens is 1. The van der Waals surface area contributed by atoms with E-state index in [1.54, 1.807) is 24.3 Å². The Bertz CT molecular complexity index is 1230. The first-order valence-corrected chi connectivity index (χ1v) is 10.8. The molecule has 1 aliphatic heterocycles. The van der Waals surface area contributed by atoms with Gasteiger partial charge in [0, 0.05) is 16.1 Å². The Morgan fingerprint density at radius 1 is 1.13 bits per heavy atom. The zero-order chi connectivity index (χ0) is 22.3. The number of rotatable bonds is 4. The minimum atomic E-state index is -0.733. The third-order valence-corrected chi connectivity index (χ3v) is 6.68. The van der Waals surface area contributed by atoms with Gasteiger partial charge >= 0.3 is 0 Å². The van der Waals surface area contributed by atoms with E-state index >= 15 is 0 Å². The van der Waals surface area contributed by atoms with Crippen molar-refractivity contribution in [3.63, 3.8) is 0 Å². The summed E-state index contributed by atoms with van der Waals surface area (Å²) >= 11 is 7.55. The fourth-order valence-electron chi connectivity index (χ4n) is 3.75. The molecular weight excluding hydrogens is 434 g/mol. The van der Waals surface area contributed by atoms with Crippen LogP contribution in [0.5, 0.6) is 5.75 Å². The van der Waals surface area contributed by atoms with Crippen LogP contribution in [-0.4, -0.2) is 23.9 Å². The number of amides is 1. The lowest BCUT2D eigenvalue weighted by atomic mass is 9.98. The first-order chi connectivity index (χ1) is 14.8. The van der Waals surface area contributed by atoms with Gasteiger partial charge < -0.3 is 9.84 Å². The second-order valence-corrected chi connectivity index (χ2v) is 8.68. The number of aliphatic hydroxyl groups excluding tert-OH is 1. The molecule has 7 heteroatoms. The Morgan fingerprint density at radius 3 is 2.55 bits per heavy atom. The van der Waals surface area contributed by atoms with Gasteiger partial charge in [-0.05, 0) is 66.8 Å². The first kappa shape index (κ1) is 21.2. The average Bonchev–Trinajstić information content (AvgIpc) is 3.28. The lowest BCUT2D eigenvalue weighted by Gasteiger charge is -2.25. The predicted molar refractivity (Wildman–Crippen MR) is 123 cm³/mol. The third kappa shape index (κ3) is 3.62. The van der Waals surface area contributed by atoms with Crippen molar-refractivity contribution in [2.75, 3.05) is 12.0 Å². The van der Waals surface area contributed by atoms with E-state index in [9.17, 15) is 14.7 Å². The van der Waals surface area contributed by atoms with E-state index in [-0.39, 0.29) is 11.3 Å². The molecule has 1 N–H and O–H groups in total. The molecule has 31 heavy (non-hydrogen) atoms. The lowest BCUT2D eigenvalue weighted by molar-refractivity contribution is -0.132. The number of aryl methyl sites for hydroxylation is 2. The molecule has 1 unspecified atom stereocenters. The summed E-state index contributed by atoms with van der Waals surface area (Å²) < 4.78 is 5.24. The Kier molecular flexibility index (Phi) is 5.60. The molecule has 1 aliphatic rings. The molecule has 1 amide bonds. The molecule has 1 fully saturated rings. The molecular formula is C24H20ClNO4S. The molecule has 1 aromatic heterocycles. The topological polar surface area (TPSA) is 66.8 Å². The molecule has 1 atom stereocenters. The smallest absolute Gasteiger partial charge is 0.300 e. The van der Waals surface area contributed by atoms with E-state index in [0.717, 1.165) is 16.0 Å². The second-order valence-electron chi connectivity index (χ2n) is 7.33. The molecule has 0 bridgehead atoms. The number of benzene rings is 2. The fraction of sp³-hybridized carbons (Fsp3) is 0.167. The summed E-state index contributed by atoms with van der Waals surface area (Å²) in [5.41, 5.74) is 2.90. The summed E-state index contributed by atoms with van der Waals surface area (Å²) in [6.07, 6.45) is 0. The van der Waals surface area contributed by atoms with Crippen LogP contribution in [0.15, 0.2) is 59.5 Å². The van der Waals surface area contributed by atoms with E-state index in [1.165, 1.54) is 23.3 Å². The van der Waals surface area contributed by atoms with Gasteiger partial charge in [-0.15, -0.1) is 11.3 Å². The lowest BCUT2D eigenvalue weighted by Crippen LogP contribution is -2.29. The third-order valence-electron chi connectivity index (χ3n) is 5.30. The van der Waals surface area contributed by atoms with Crippen molar-refractivity contribution in [2.24, 2.45) is 0 Å². The number of Topliss-reactive ketones (excluding diaryl/α,β-unsaturated/α-hetero) is 1. The van der Waals surface area contributed by atoms with E-state index in [4.69, 9.17) is 16.3 Å². The minimum absolute atomic E-state index is 0.0430. The minimum Gasteiger partial charge on any atom is -0.507 e. The van der Waals surface area contributed by atoms with Crippen molar-refractivity contribution in [2.45, 2.75) is 19.9 Å². The molecule has 1 saturated heterocycles. The van der Waals surface area contributed by atoms with E-state index < -0.39 is 17.7 Å². The molecule has 0 saturated carbocycles. The highest BCUT2D eigenvalue weighted by atomic mass is 35.5. The molecule has 158 valence electrons. The molecule has 3 aromatic rings. The van der Waals surface area contributed by atoms with Gasteiger partial charge in [-0.2, -0.15) is 0 Å². The van der Waals surface area contributed by atoms with Crippen LogP contribution in [0.25, 0.3) is 5.76 Å². The zero-order valence-corrected chi connectivity index (χ0v) is 18.8. The zero-order valence-electron chi connectivity index (χ0n) is 17.2. The van der Waals surface area contributed by atoms with Crippen molar-refractivity contribution >= 4 is 46.1 Å². The quantitative estimate of drug-likeness (QED) is 0.315. The van der Waals surface area contributed by atoms with Gasteiger partial charge in [0.1, 0.15) is 17.6 Å². The maximum Gasteiger partial charge on any atom is 0.300 e. The summed E-state index contributed by atoms with van der Waals surface area (Å²) in [5.74, 6) is -1.31. The second kappa shape index (κ2) is 8.21. The van der Waals surface area contributed by atoms with Crippen molar-refractivity contribution in [1.82, 2.24) is 0 Å².